The molecule has 166 valence electrons. The third-order valence-electron chi connectivity index (χ3n) is 5.06. The Kier molecular flexibility index (Phi) is 9.06. The number of aromatic hydroxyl groups is 1. The zero-order chi connectivity index (χ0) is 23.0. The van der Waals surface area contributed by atoms with Crippen molar-refractivity contribution >= 4 is 28.6 Å². The lowest BCUT2D eigenvalue weighted by Gasteiger charge is -2.11. The summed E-state index contributed by atoms with van der Waals surface area (Å²) in [5, 5.41) is 13.8. The van der Waals surface area contributed by atoms with Crippen molar-refractivity contribution in [3.8, 4) is 11.5 Å². The van der Waals surface area contributed by atoms with Gasteiger partial charge in [0.2, 0.25) is 0 Å². The molecule has 1 amide bonds. The molecule has 0 fully saturated rings. The molecule has 1 heterocycles. The van der Waals surface area contributed by atoms with Crippen molar-refractivity contribution in [1.29, 1.82) is 0 Å². The molecule has 0 aliphatic carbocycles. The molecular formula is C25H32N2O3S. The summed E-state index contributed by atoms with van der Waals surface area (Å²) >= 11 is 1.69. The fourth-order valence-corrected chi connectivity index (χ4v) is 4.00. The first-order valence-corrected chi connectivity index (χ1v) is 11.6. The van der Waals surface area contributed by atoms with Crippen LogP contribution in [0.4, 0.5) is 0 Å². The Hall–Kier alpha value is -2.86. The van der Waals surface area contributed by atoms with Gasteiger partial charge in [0.25, 0.3) is 5.91 Å². The van der Waals surface area contributed by atoms with Crippen molar-refractivity contribution in [2.75, 3.05) is 13.4 Å². The van der Waals surface area contributed by atoms with Gasteiger partial charge in [0, 0.05) is 33.6 Å². The lowest BCUT2D eigenvalue weighted by atomic mass is 10.1. The number of allylic oxidation sites excluding steroid dienone is 2. The van der Waals surface area contributed by atoms with Gasteiger partial charge >= 0.3 is 0 Å². The lowest BCUT2D eigenvalue weighted by Crippen LogP contribution is -2.24. The summed E-state index contributed by atoms with van der Waals surface area (Å²) in [4.78, 5) is 14.3. The Balaban J connectivity index is 0.00000166. The SMILES string of the molecule is C/C=C(/Cn1c(C)c(C(=O)NCc2ccccc2OC)c2cc(O)ccc21)SC.CC. The molecule has 0 atom stereocenters. The second kappa shape index (κ2) is 11.5. The monoisotopic (exact) mass is 440 g/mol. The van der Waals surface area contributed by atoms with E-state index in [2.05, 4.69) is 16.0 Å². The number of carbonyl (C=O) groups excluding carboxylic acids is 1. The number of hydrogen-bond acceptors (Lipinski definition) is 4. The summed E-state index contributed by atoms with van der Waals surface area (Å²) in [5.74, 6) is 0.709. The number of para-hydroxylation sites is 1. The number of phenolic OH excluding ortho intramolecular Hbond substituents is 1. The number of aromatic nitrogens is 1. The Morgan fingerprint density at radius 3 is 2.58 bits per heavy atom. The van der Waals surface area contributed by atoms with Gasteiger partial charge in [-0.3, -0.25) is 4.79 Å². The molecule has 3 aromatic rings. The summed E-state index contributed by atoms with van der Waals surface area (Å²) in [6, 6.07) is 12.8. The van der Waals surface area contributed by atoms with Crippen LogP contribution in [-0.4, -0.2) is 28.9 Å². The van der Waals surface area contributed by atoms with Crippen molar-refractivity contribution in [2.24, 2.45) is 0 Å². The normalized spacial score (nSPS) is 11.1. The van der Waals surface area contributed by atoms with Gasteiger partial charge in [0.05, 0.1) is 19.2 Å². The van der Waals surface area contributed by atoms with Crippen LogP contribution in [0.5, 0.6) is 11.5 Å². The molecule has 0 bridgehead atoms. The van der Waals surface area contributed by atoms with Crippen molar-refractivity contribution in [3.63, 3.8) is 0 Å². The van der Waals surface area contributed by atoms with E-state index in [1.54, 1.807) is 31.0 Å². The fraction of sp³-hybridized carbons (Fsp3) is 0.320. The van der Waals surface area contributed by atoms with Gasteiger partial charge in [0.15, 0.2) is 0 Å². The number of benzene rings is 2. The zero-order valence-corrected chi connectivity index (χ0v) is 20.0. The molecule has 0 saturated heterocycles. The van der Waals surface area contributed by atoms with E-state index in [0.717, 1.165) is 27.9 Å². The molecule has 31 heavy (non-hydrogen) atoms. The van der Waals surface area contributed by atoms with E-state index in [-0.39, 0.29) is 11.7 Å². The number of nitrogens with zero attached hydrogens (tertiary/aromatic N) is 1. The summed E-state index contributed by atoms with van der Waals surface area (Å²) in [6.07, 6.45) is 4.13. The number of carbonyl (C=O) groups is 1. The first-order valence-electron chi connectivity index (χ1n) is 10.4. The van der Waals surface area contributed by atoms with E-state index < -0.39 is 0 Å². The van der Waals surface area contributed by atoms with Gasteiger partial charge in [-0.1, -0.05) is 38.1 Å². The number of amides is 1. The highest BCUT2D eigenvalue weighted by atomic mass is 32.2. The summed E-state index contributed by atoms with van der Waals surface area (Å²) in [5.41, 5.74) is 3.29. The predicted octanol–water partition coefficient (Wildman–Crippen LogP) is 5.89. The van der Waals surface area contributed by atoms with Crippen LogP contribution in [0, 0.1) is 6.92 Å². The predicted molar refractivity (Wildman–Crippen MR) is 131 cm³/mol. The van der Waals surface area contributed by atoms with E-state index in [1.165, 1.54) is 4.91 Å². The first kappa shape index (κ1) is 24.4. The van der Waals surface area contributed by atoms with Gasteiger partial charge in [-0.15, -0.1) is 11.8 Å². The van der Waals surface area contributed by atoms with Crippen LogP contribution in [0.1, 0.15) is 42.4 Å². The minimum absolute atomic E-state index is 0.143. The van der Waals surface area contributed by atoms with Crippen LogP contribution in [-0.2, 0) is 13.1 Å². The highest BCUT2D eigenvalue weighted by molar-refractivity contribution is 8.02. The molecule has 2 N–H and O–H groups in total. The van der Waals surface area contributed by atoms with Gasteiger partial charge < -0.3 is 19.7 Å². The van der Waals surface area contributed by atoms with E-state index >= 15 is 0 Å². The Bertz CT molecular complexity index is 1070. The maximum absolute atomic E-state index is 13.1. The minimum atomic E-state index is -0.172. The van der Waals surface area contributed by atoms with Crippen LogP contribution in [0.15, 0.2) is 53.4 Å². The molecule has 3 rings (SSSR count). The molecule has 2 aromatic carbocycles. The Morgan fingerprint density at radius 2 is 1.94 bits per heavy atom. The minimum Gasteiger partial charge on any atom is -0.508 e. The van der Waals surface area contributed by atoms with Crippen molar-refractivity contribution in [2.45, 2.75) is 40.8 Å². The van der Waals surface area contributed by atoms with Crippen LogP contribution < -0.4 is 10.1 Å². The number of hydrogen-bond donors (Lipinski definition) is 2. The molecule has 0 aliphatic heterocycles. The number of fused-ring (bicyclic) bond motifs is 1. The Morgan fingerprint density at radius 1 is 1.23 bits per heavy atom. The van der Waals surface area contributed by atoms with E-state index in [0.29, 0.717) is 18.7 Å². The van der Waals surface area contributed by atoms with Gasteiger partial charge in [-0.2, -0.15) is 0 Å². The van der Waals surface area contributed by atoms with Crippen molar-refractivity contribution in [1.82, 2.24) is 9.88 Å². The second-order valence-electron chi connectivity index (χ2n) is 6.70. The number of methoxy groups -OCH3 is 1. The maximum atomic E-state index is 13.1. The molecule has 0 aliphatic rings. The van der Waals surface area contributed by atoms with Crippen LogP contribution in [0.25, 0.3) is 10.9 Å². The third-order valence-corrected chi connectivity index (χ3v) is 5.95. The highest BCUT2D eigenvalue weighted by Gasteiger charge is 2.21. The third kappa shape index (κ3) is 5.44. The largest absolute Gasteiger partial charge is 0.508 e. The standard InChI is InChI=1S/C23H26N2O3S.C2H6/c1-5-18(29-4)14-25-15(2)22(19-12-17(26)10-11-20(19)25)23(27)24-13-16-8-6-7-9-21(16)28-3;1-2/h5-12,26H,13-14H2,1-4H3,(H,24,27);1-2H3/b18-5-;. The topological polar surface area (TPSA) is 63.5 Å². The molecule has 0 radical (unpaired) electrons. The quantitative estimate of drug-likeness (QED) is 0.481. The average molecular weight is 441 g/mol. The molecule has 5 nitrogen and oxygen atoms in total. The van der Waals surface area contributed by atoms with Crippen molar-refractivity contribution in [3.05, 3.63) is 70.3 Å². The average Bonchev–Trinajstić information content (AvgIpc) is 3.07. The van der Waals surface area contributed by atoms with E-state index in [1.807, 2.05) is 64.3 Å². The fourth-order valence-electron chi connectivity index (χ4n) is 3.50. The summed E-state index contributed by atoms with van der Waals surface area (Å²) in [7, 11) is 1.62. The second-order valence-corrected chi connectivity index (χ2v) is 7.63. The summed E-state index contributed by atoms with van der Waals surface area (Å²) < 4.78 is 7.49. The van der Waals surface area contributed by atoms with Gasteiger partial charge in [-0.25, -0.2) is 0 Å². The zero-order valence-electron chi connectivity index (χ0n) is 19.2. The van der Waals surface area contributed by atoms with Gasteiger partial charge in [-0.05, 0) is 44.4 Å². The van der Waals surface area contributed by atoms with Crippen LogP contribution in [0.3, 0.4) is 0 Å². The van der Waals surface area contributed by atoms with E-state index in [9.17, 15) is 9.90 Å². The first-order chi connectivity index (χ1) is 15.0. The summed E-state index contributed by atoms with van der Waals surface area (Å²) in [6.45, 7) is 9.01. The number of rotatable bonds is 7. The van der Waals surface area contributed by atoms with Crippen LogP contribution >= 0.6 is 11.8 Å². The maximum Gasteiger partial charge on any atom is 0.254 e. The lowest BCUT2D eigenvalue weighted by molar-refractivity contribution is 0.0951. The molecule has 0 spiro atoms. The Labute approximate surface area is 189 Å². The number of phenols is 1. The van der Waals surface area contributed by atoms with Gasteiger partial charge in [0.1, 0.15) is 11.5 Å². The van der Waals surface area contributed by atoms with Crippen molar-refractivity contribution < 1.29 is 14.6 Å². The molecular weight excluding hydrogens is 408 g/mol. The molecule has 0 saturated carbocycles. The number of thioether (sulfide) groups is 1. The molecule has 0 unspecified atom stereocenters. The number of nitrogens with one attached hydrogen (secondary N) is 1. The molecule has 1 aromatic heterocycles. The van der Waals surface area contributed by atoms with E-state index in [4.69, 9.17) is 4.74 Å². The molecule has 6 heteroatoms. The number of ether oxygens (including phenoxy) is 1. The highest BCUT2D eigenvalue weighted by Crippen LogP contribution is 2.31. The smallest absolute Gasteiger partial charge is 0.254 e. The van der Waals surface area contributed by atoms with Crippen LogP contribution in [0.2, 0.25) is 0 Å².